The fourth-order valence-corrected chi connectivity index (χ4v) is 1.13. The number of rotatable bonds is 5. The fourth-order valence-electron chi connectivity index (χ4n) is 1.13. The molecule has 0 bridgehead atoms. The number of ether oxygens (including phenoxy) is 1. The Bertz CT molecular complexity index is 398. The average molecular weight is 237 g/mol. The van der Waals surface area contributed by atoms with Gasteiger partial charge in [-0.3, -0.25) is 4.79 Å². The summed E-state index contributed by atoms with van der Waals surface area (Å²) in [7, 11) is 3.66. The molecule has 0 unspecified atom stereocenters. The summed E-state index contributed by atoms with van der Waals surface area (Å²) in [5, 5.41) is 0. The van der Waals surface area contributed by atoms with Gasteiger partial charge in [0.05, 0.1) is 0 Å². The Labute approximate surface area is 100 Å². The molecule has 0 radical (unpaired) electrons. The minimum atomic E-state index is -0.586. The highest BCUT2D eigenvalue weighted by molar-refractivity contribution is 5.93. The predicted octanol–water partition coefficient (Wildman–Crippen LogP) is 2.24. The lowest BCUT2D eigenvalue weighted by Gasteiger charge is -2.12. The van der Waals surface area contributed by atoms with Crippen molar-refractivity contribution in [3.63, 3.8) is 0 Å². The summed E-state index contributed by atoms with van der Waals surface area (Å²) >= 11 is 0. The third kappa shape index (κ3) is 4.68. The highest BCUT2D eigenvalue weighted by atomic mass is 19.1. The molecule has 0 fully saturated rings. The zero-order valence-electron chi connectivity index (χ0n) is 10.2. The third-order valence-corrected chi connectivity index (χ3v) is 2.06. The second-order valence-corrected chi connectivity index (χ2v) is 3.90. The normalized spacial score (nSPS) is 12.5. The number of carbonyl (C=O) groups excluding carboxylic acids is 1. The number of carbonyl (C=O) groups is 1. The van der Waals surface area contributed by atoms with Gasteiger partial charge in [-0.15, -0.1) is 0 Å². The molecule has 0 spiro atoms. The molecule has 0 aliphatic rings. The van der Waals surface area contributed by atoms with Crippen molar-refractivity contribution in [2.24, 2.45) is 0 Å². The first kappa shape index (κ1) is 13.2. The molecule has 0 aliphatic carbocycles. The highest BCUT2D eigenvalue weighted by Crippen LogP contribution is 2.13. The number of ketones is 1. The molecule has 0 saturated carbocycles. The van der Waals surface area contributed by atoms with E-state index in [1.807, 2.05) is 14.1 Å². The summed E-state index contributed by atoms with van der Waals surface area (Å²) in [6.07, 6.45) is 2.53. The molecule has 1 aromatic carbocycles. The van der Waals surface area contributed by atoms with Crippen LogP contribution in [-0.4, -0.2) is 30.9 Å². The molecule has 17 heavy (non-hydrogen) atoms. The molecule has 1 atom stereocenters. The Morgan fingerprint density at radius 2 is 1.94 bits per heavy atom. The zero-order chi connectivity index (χ0) is 12.8. The lowest BCUT2D eigenvalue weighted by Crippen LogP contribution is -2.22. The van der Waals surface area contributed by atoms with Crippen LogP contribution in [0.4, 0.5) is 4.39 Å². The van der Waals surface area contributed by atoms with Gasteiger partial charge in [0.25, 0.3) is 0 Å². The van der Waals surface area contributed by atoms with E-state index in [0.29, 0.717) is 5.75 Å². The van der Waals surface area contributed by atoms with Gasteiger partial charge in [0.15, 0.2) is 11.9 Å². The lowest BCUT2D eigenvalue weighted by atomic mass is 10.2. The van der Waals surface area contributed by atoms with Crippen molar-refractivity contribution in [3.05, 3.63) is 42.4 Å². The molecule has 0 amide bonds. The van der Waals surface area contributed by atoms with Crippen molar-refractivity contribution in [3.8, 4) is 5.75 Å². The summed E-state index contributed by atoms with van der Waals surface area (Å²) in [5.74, 6) is 0.0114. The van der Waals surface area contributed by atoms with E-state index < -0.39 is 6.10 Å². The first-order chi connectivity index (χ1) is 7.99. The van der Waals surface area contributed by atoms with E-state index in [9.17, 15) is 9.18 Å². The zero-order valence-corrected chi connectivity index (χ0v) is 10.2. The van der Waals surface area contributed by atoms with Crippen LogP contribution in [0, 0.1) is 5.82 Å². The number of benzene rings is 1. The van der Waals surface area contributed by atoms with Gasteiger partial charge >= 0.3 is 0 Å². The number of hydrogen-bond donors (Lipinski definition) is 0. The Morgan fingerprint density at radius 3 is 2.47 bits per heavy atom. The van der Waals surface area contributed by atoms with Gasteiger partial charge < -0.3 is 9.64 Å². The van der Waals surface area contributed by atoms with Crippen LogP contribution >= 0.6 is 0 Å². The van der Waals surface area contributed by atoms with E-state index in [4.69, 9.17) is 4.74 Å². The smallest absolute Gasteiger partial charge is 0.197 e. The molecule has 0 heterocycles. The number of hydrogen-bond acceptors (Lipinski definition) is 3. The largest absolute Gasteiger partial charge is 0.483 e. The van der Waals surface area contributed by atoms with Gasteiger partial charge in [0.1, 0.15) is 11.6 Å². The molecular formula is C13H16FNO2. The van der Waals surface area contributed by atoms with Gasteiger partial charge in [0, 0.05) is 26.4 Å². The second kappa shape index (κ2) is 6.03. The Balaban J connectivity index is 2.57. The van der Waals surface area contributed by atoms with Gasteiger partial charge in [-0.25, -0.2) is 4.39 Å². The van der Waals surface area contributed by atoms with E-state index in [-0.39, 0.29) is 11.6 Å². The van der Waals surface area contributed by atoms with Crippen LogP contribution in [0.15, 0.2) is 36.5 Å². The maximum Gasteiger partial charge on any atom is 0.197 e. The first-order valence-corrected chi connectivity index (χ1v) is 5.29. The van der Waals surface area contributed by atoms with Crippen LogP contribution in [-0.2, 0) is 4.79 Å². The monoisotopic (exact) mass is 237 g/mol. The van der Waals surface area contributed by atoms with E-state index in [1.165, 1.54) is 30.3 Å². The predicted molar refractivity (Wildman–Crippen MR) is 64.3 cm³/mol. The van der Waals surface area contributed by atoms with Crippen LogP contribution in [0.1, 0.15) is 6.92 Å². The van der Waals surface area contributed by atoms with Gasteiger partial charge in [-0.2, -0.15) is 0 Å². The maximum atomic E-state index is 12.7. The molecule has 0 saturated heterocycles. The first-order valence-electron chi connectivity index (χ1n) is 5.29. The minimum absolute atomic E-state index is 0.136. The topological polar surface area (TPSA) is 29.5 Å². The lowest BCUT2D eigenvalue weighted by molar-refractivity contribution is -0.120. The van der Waals surface area contributed by atoms with E-state index in [1.54, 1.807) is 18.0 Å². The van der Waals surface area contributed by atoms with Crippen molar-refractivity contribution in [1.82, 2.24) is 4.90 Å². The van der Waals surface area contributed by atoms with Crippen molar-refractivity contribution >= 4 is 5.78 Å². The van der Waals surface area contributed by atoms with Gasteiger partial charge in [-0.1, -0.05) is 0 Å². The maximum absolute atomic E-state index is 12.7. The van der Waals surface area contributed by atoms with E-state index in [0.717, 1.165) is 0 Å². The van der Waals surface area contributed by atoms with Gasteiger partial charge in [0.2, 0.25) is 0 Å². The summed E-state index contributed by atoms with van der Waals surface area (Å²) < 4.78 is 18.0. The molecule has 3 nitrogen and oxygen atoms in total. The third-order valence-electron chi connectivity index (χ3n) is 2.06. The van der Waals surface area contributed by atoms with Gasteiger partial charge in [-0.05, 0) is 31.2 Å². The van der Waals surface area contributed by atoms with Crippen molar-refractivity contribution < 1.29 is 13.9 Å². The summed E-state index contributed by atoms with van der Waals surface area (Å²) in [6, 6.07) is 5.58. The van der Waals surface area contributed by atoms with Crippen LogP contribution in [0.25, 0.3) is 0 Å². The standard InChI is InChI=1S/C13H16FNO2/c1-10(13(16)8-9-15(2)3)17-12-6-4-11(14)5-7-12/h4-10H,1-3H3/b9-8+/t10-/m1/s1. The Morgan fingerprint density at radius 1 is 1.35 bits per heavy atom. The van der Waals surface area contributed by atoms with Crippen LogP contribution in [0.5, 0.6) is 5.75 Å². The van der Waals surface area contributed by atoms with Crippen LogP contribution in [0.3, 0.4) is 0 Å². The van der Waals surface area contributed by atoms with Crippen LogP contribution < -0.4 is 4.74 Å². The van der Waals surface area contributed by atoms with Crippen molar-refractivity contribution in [1.29, 1.82) is 0 Å². The SMILES string of the molecule is C[C@@H](Oc1ccc(F)cc1)C(=O)/C=C/N(C)C. The minimum Gasteiger partial charge on any atom is -0.483 e. The molecule has 1 aromatic rings. The molecule has 0 N–H and O–H groups in total. The highest BCUT2D eigenvalue weighted by Gasteiger charge is 2.11. The summed E-state index contributed by atoms with van der Waals surface area (Å²) in [6.45, 7) is 1.66. The molecular weight excluding hydrogens is 221 g/mol. The fraction of sp³-hybridized carbons (Fsp3) is 0.308. The second-order valence-electron chi connectivity index (χ2n) is 3.90. The van der Waals surface area contributed by atoms with Crippen LogP contribution in [0.2, 0.25) is 0 Å². The summed E-state index contributed by atoms with van der Waals surface area (Å²) in [4.78, 5) is 13.4. The van der Waals surface area contributed by atoms with Crippen molar-refractivity contribution in [2.45, 2.75) is 13.0 Å². The molecule has 4 heteroatoms. The number of nitrogens with zero attached hydrogens (tertiary/aromatic N) is 1. The summed E-state index contributed by atoms with van der Waals surface area (Å²) in [5.41, 5.74) is 0. The van der Waals surface area contributed by atoms with Crippen molar-refractivity contribution in [2.75, 3.05) is 14.1 Å². The average Bonchev–Trinajstić information content (AvgIpc) is 2.28. The Kier molecular flexibility index (Phi) is 4.69. The number of halogens is 1. The quantitative estimate of drug-likeness (QED) is 0.735. The Hall–Kier alpha value is -1.84. The molecule has 1 rings (SSSR count). The molecule has 92 valence electrons. The molecule has 0 aliphatic heterocycles. The van der Waals surface area contributed by atoms with E-state index >= 15 is 0 Å². The van der Waals surface area contributed by atoms with E-state index in [2.05, 4.69) is 0 Å². The molecule has 0 aromatic heterocycles.